The average Bonchev–Trinajstić information content (AvgIpc) is 3.40. The van der Waals surface area contributed by atoms with Crippen LogP contribution in [0.2, 0.25) is 0 Å². The maximum absolute atomic E-state index is 10.7. The highest BCUT2D eigenvalue weighted by Crippen LogP contribution is 2.53. The molecule has 0 bridgehead atoms. The molecule has 4 rings (SSSR count). The van der Waals surface area contributed by atoms with Gasteiger partial charge in [0.05, 0.1) is 68.1 Å². The second kappa shape index (κ2) is 14.0. The van der Waals surface area contributed by atoms with Gasteiger partial charge in [-0.3, -0.25) is 0 Å². The third kappa shape index (κ3) is 6.04. The molecule has 4 N–H and O–H groups in total. The molecule has 0 spiro atoms. The average molecular weight is 597 g/mol. The van der Waals surface area contributed by atoms with Gasteiger partial charge in [-0.15, -0.1) is 0 Å². The smallest absolute Gasteiger partial charge is 0.203 e. The van der Waals surface area contributed by atoms with E-state index < -0.39 is 48.6 Å². The fraction of sp³-hybridized carbons (Fsp3) is 0.586. The fourth-order valence-electron chi connectivity index (χ4n) is 5.57. The van der Waals surface area contributed by atoms with E-state index in [4.69, 9.17) is 42.6 Å². The van der Waals surface area contributed by atoms with E-state index in [1.165, 1.54) is 42.7 Å². The van der Waals surface area contributed by atoms with Crippen molar-refractivity contribution >= 4 is 0 Å². The zero-order valence-electron chi connectivity index (χ0n) is 24.5. The molecule has 2 saturated heterocycles. The van der Waals surface area contributed by atoms with Gasteiger partial charge in [0.2, 0.25) is 11.5 Å². The molecule has 0 amide bonds. The number of methoxy groups -OCH3 is 6. The van der Waals surface area contributed by atoms with Crippen LogP contribution in [0.25, 0.3) is 0 Å². The molecule has 0 aromatic heterocycles. The Morgan fingerprint density at radius 1 is 0.667 bits per heavy atom. The molecule has 2 aliphatic rings. The summed E-state index contributed by atoms with van der Waals surface area (Å²) in [5, 5.41) is 41.1. The normalized spacial score (nSPS) is 29.2. The molecule has 234 valence electrons. The lowest BCUT2D eigenvalue weighted by Crippen LogP contribution is -2.54. The van der Waals surface area contributed by atoms with Crippen LogP contribution in [0.4, 0.5) is 0 Å². The van der Waals surface area contributed by atoms with Crippen LogP contribution >= 0.6 is 0 Å². The van der Waals surface area contributed by atoms with E-state index in [-0.39, 0.29) is 19.8 Å². The maximum atomic E-state index is 10.7. The van der Waals surface area contributed by atoms with Crippen LogP contribution in [0.1, 0.15) is 23.3 Å². The van der Waals surface area contributed by atoms with Crippen molar-refractivity contribution in [1.29, 1.82) is 0 Å². The van der Waals surface area contributed by atoms with E-state index in [1.807, 2.05) is 0 Å². The molecule has 2 aromatic rings. The molecule has 8 atom stereocenters. The van der Waals surface area contributed by atoms with Gasteiger partial charge in [-0.05, 0) is 35.4 Å². The summed E-state index contributed by atoms with van der Waals surface area (Å²) in [4.78, 5) is 0. The molecular weight excluding hydrogens is 556 g/mol. The molecule has 2 heterocycles. The molecule has 0 unspecified atom stereocenters. The van der Waals surface area contributed by atoms with E-state index in [0.717, 1.165) is 0 Å². The molecule has 2 aliphatic heterocycles. The largest absolute Gasteiger partial charge is 0.493 e. The zero-order chi connectivity index (χ0) is 30.6. The molecular formula is C29H40O13. The lowest BCUT2D eigenvalue weighted by Gasteiger charge is -2.36. The van der Waals surface area contributed by atoms with E-state index in [0.29, 0.717) is 45.6 Å². The summed E-state index contributed by atoms with van der Waals surface area (Å²) in [6.07, 6.45) is -6.69. The third-order valence-electron chi connectivity index (χ3n) is 7.77. The van der Waals surface area contributed by atoms with Crippen LogP contribution in [-0.2, 0) is 14.2 Å². The van der Waals surface area contributed by atoms with E-state index in [9.17, 15) is 20.4 Å². The minimum atomic E-state index is -1.48. The summed E-state index contributed by atoms with van der Waals surface area (Å²) in [5.41, 5.74) is 1.32. The highest BCUT2D eigenvalue weighted by atomic mass is 16.7. The number of hydrogen-bond donors (Lipinski definition) is 4. The first-order valence-electron chi connectivity index (χ1n) is 13.4. The summed E-state index contributed by atoms with van der Waals surface area (Å²) in [6, 6.07) is 7.04. The second-order valence-electron chi connectivity index (χ2n) is 9.99. The van der Waals surface area contributed by atoms with E-state index in [2.05, 4.69) is 0 Å². The minimum Gasteiger partial charge on any atom is -0.493 e. The predicted octanol–water partition coefficient (Wildman–Crippen LogP) is 1.23. The number of rotatable bonds is 12. The van der Waals surface area contributed by atoms with E-state index in [1.54, 1.807) is 24.3 Å². The second-order valence-corrected chi connectivity index (χ2v) is 9.99. The lowest BCUT2D eigenvalue weighted by atomic mass is 9.83. The Balaban J connectivity index is 1.76. The van der Waals surface area contributed by atoms with Crippen molar-refractivity contribution < 1.29 is 63.1 Å². The number of ether oxygens (including phenoxy) is 9. The molecule has 0 saturated carbocycles. The maximum Gasteiger partial charge on any atom is 0.203 e. The van der Waals surface area contributed by atoms with Crippen molar-refractivity contribution in [2.45, 2.75) is 36.8 Å². The van der Waals surface area contributed by atoms with Crippen molar-refractivity contribution in [3.63, 3.8) is 0 Å². The SMILES string of the molecule is COc1cc([C@H]2O[C@H](c3cc(OC)c(OC)c(OC)c3)[C@@H](CO[C@@H]3OC[C@H](O)[C@H](O)[C@H]3O)[C@@H]2CO)cc(OC)c1OC. The molecule has 0 aliphatic carbocycles. The van der Waals surface area contributed by atoms with Crippen molar-refractivity contribution in [3.8, 4) is 34.5 Å². The number of aliphatic hydroxyl groups is 4. The molecule has 13 heteroatoms. The Labute approximate surface area is 244 Å². The molecule has 42 heavy (non-hydrogen) atoms. The topological polar surface area (TPSA) is 164 Å². The standard InChI is InChI=1S/C29H40O13/c1-34-19-7-14(8-20(35-2)27(19)38-5)25-16(11-30)17(12-40-29-24(33)23(32)18(31)13-41-29)26(42-25)15-9-21(36-3)28(39-6)22(10-15)37-4/h7-10,16-18,23-26,29-33H,11-13H2,1-6H3/t16-,17-,18-,23-,24+,25+,26+,29+/m0/s1. The zero-order valence-corrected chi connectivity index (χ0v) is 24.5. The summed E-state index contributed by atoms with van der Waals surface area (Å²) in [5.74, 6) is 1.46. The first-order chi connectivity index (χ1) is 20.3. The molecule has 13 nitrogen and oxygen atoms in total. The van der Waals surface area contributed by atoms with Gasteiger partial charge >= 0.3 is 0 Å². The van der Waals surface area contributed by atoms with Crippen molar-refractivity contribution in [2.75, 3.05) is 62.5 Å². The Morgan fingerprint density at radius 3 is 1.52 bits per heavy atom. The van der Waals surface area contributed by atoms with Crippen LogP contribution in [0.3, 0.4) is 0 Å². The van der Waals surface area contributed by atoms with Gasteiger partial charge in [-0.25, -0.2) is 0 Å². The number of hydrogen-bond acceptors (Lipinski definition) is 13. The summed E-state index contributed by atoms with van der Waals surface area (Å²) in [6.45, 7) is -0.540. The van der Waals surface area contributed by atoms with Crippen molar-refractivity contribution in [2.24, 2.45) is 11.8 Å². The Hall–Kier alpha value is -3.04. The van der Waals surface area contributed by atoms with Gasteiger partial charge in [-0.2, -0.15) is 0 Å². The first-order valence-corrected chi connectivity index (χ1v) is 13.4. The van der Waals surface area contributed by atoms with Crippen LogP contribution in [0.15, 0.2) is 24.3 Å². The third-order valence-corrected chi connectivity index (χ3v) is 7.77. The quantitative estimate of drug-likeness (QED) is 0.277. The number of benzene rings is 2. The molecule has 2 fully saturated rings. The van der Waals surface area contributed by atoms with Crippen LogP contribution < -0.4 is 28.4 Å². The highest BCUT2D eigenvalue weighted by molar-refractivity contribution is 5.56. The molecule has 0 radical (unpaired) electrons. The van der Waals surface area contributed by atoms with Gasteiger partial charge < -0.3 is 63.1 Å². The number of aliphatic hydroxyl groups excluding tert-OH is 4. The lowest BCUT2D eigenvalue weighted by molar-refractivity contribution is -0.274. The van der Waals surface area contributed by atoms with Gasteiger partial charge in [-0.1, -0.05) is 0 Å². The van der Waals surface area contributed by atoms with Crippen molar-refractivity contribution in [3.05, 3.63) is 35.4 Å². The minimum absolute atomic E-state index is 0.0436. The van der Waals surface area contributed by atoms with E-state index >= 15 is 0 Å². The monoisotopic (exact) mass is 596 g/mol. The first kappa shape index (κ1) is 31.9. The summed E-state index contributed by atoms with van der Waals surface area (Å²) in [7, 11) is 9.05. The van der Waals surface area contributed by atoms with Crippen LogP contribution in [0, 0.1) is 11.8 Å². The van der Waals surface area contributed by atoms with Crippen LogP contribution in [-0.4, -0.2) is 108 Å². The Kier molecular flexibility index (Phi) is 10.6. The van der Waals surface area contributed by atoms with Crippen molar-refractivity contribution in [1.82, 2.24) is 0 Å². The predicted molar refractivity (Wildman–Crippen MR) is 147 cm³/mol. The summed E-state index contributed by atoms with van der Waals surface area (Å²) < 4.78 is 51.2. The summed E-state index contributed by atoms with van der Waals surface area (Å²) >= 11 is 0. The fourth-order valence-corrected chi connectivity index (χ4v) is 5.57. The van der Waals surface area contributed by atoms with Crippen LogP contribution in [0.5, 0.6) is 34.5 Å². The van der Waals surface area contributed by atoms with Gasteiger partial charge in [0.15, 0.2) is 29.3 Å². The molecule has 2 aromatic carbocycles. The van der Waals surface area contributed by atoms with Gasteiger partial charge in [0.25, 0.3) is 0 Å². The Bertz CT molecular complexity index is 1140. The van der Waals surface area contributed by atoms with Gasteiger partial charge in [0, 0.05) is 18.4 Å². The van der Waals surface area contributed by atoms with Gasteiger partial charge in [0.1, 0.15) is 18.3 Å². The Morgan fingerprint density at radius 2 is 1.12 bits per heavy atom. The highest BCUT2D eigenvalue weighted by Gasteiger charge is 2.48.